The highest BCUT2D eigenvalue weighted by Gasteiger charge is 1.74. The highest BCUT2D eigenvalue weighted by molar-refractivity contribution is 4.92. The van der Waals surface area contributed by atoms with Gasteiger partial charge in [0.25, 0.3) is 0 Å². The van der Waals surface area contributed by atoms with Crippen molar-refractivity contribution >= 4 is 0 Å². The van der Waals surface area contributed by atoms with Gasteiger partial charge in [0.05, 0.1) is 0 Å². The lowest BCUT2D eigenvalue weighted by atomic mass is 10.3. The van der Waals surface area contributed by atoms with Gasteiger partial charge in [-0.15, -0.1) is 0 Å². The molecule has 0 aliphatic rings. The molecule has 2 heteroatoms. The number of hydrogen-bond acceptors (Lipinski definition) is 2. The molecule has 2 nitrogen and oxygen atoms in total. The van der Waals surface area contributed by atoms with Crippen molar-refractivity contribution in [1.82, 2.24) is 0 Å². The van der Waals surface area contributed by atoms with Crippen LogP contribution in [0.3, 0.4) is 0 Å². The first-order chi connectivity index (χ1) is 4.27. The highest BCUT2D eigenvalue weighted by atomic mass is 16.3. The molecule has 0 radical (unpaired) electrons. The molecule has 0 heterocycles. The molecule has 0 aromatic carbocycles. The molecule has 56 valence electrons. The van der Waals surface area contributed by atoms with E-state index in [0.717, 1.165) is 13.5 Å². The van der Waals surface area contributed by atoms with E-state index in [4.69, 9.17) is 10.2 Å². The fourth-order valence-corrected chi connectivity index (χ4v) is 0.353. The predicted octanol–water partition coefficient (Wildman–Crippen LogP) is 0.944. The Morgan fingerprint density at radius 3 is 1.89 bits per heavy atom. The van der Waals surface area contributed by atoms with Gasteiger partial charge < -0.3 is 10.2 Å². The highest BCUT2D eigenvalue weighted by Crippen LogP contribution is 1.89. The van der Waals surface area contributed by atoms with E-state index in [-0.39, 0.29) is 6.61 Å². The molecule has 0 aliphatic heterocycles. The molecule has 0 atom stereocenters. The maximum Gasteiger partial charge on any atom is 0.0465 e. The molecule has 0 fully saturated rings. The number of rotatable bonds is 2. The summed E-state index contributed by atoms with van der Waals surface area (Å²) in [5, 5.41) is 15.3. The van der Waals surface area contributed by atoms with Gasteiger partial charge in [0.15, 0.2) is 0 Å². The van der Waals surface area contributed by atoms with Crippen molar-refractivity contribution in [3.8, 4) is 0 Å². The zero-order valence-corrected chi connectivity index (χ0v) is 6.39. The molecule has 0 bridgehead atoms. The van der Waals surface area contributed by atoms with Crippen LogP contribution in [0.5, 0.6) is 0 Å². The number of aliphatic hydroxyl groups is 2. The van der Waals surface area contributed by atoms with E-state index >= 15 is 0 Å². The molecule has 0 amide bonds. The Morgan fingerprint density at radius 1 is 1.33 bits per heavy atom. The van der Waals surface area contributed by atoms with Crippen LogP contribution in [0.25, 0.3) is 0 Å². The molecular weight excluding hydrogens is 116 g/mol. The third-order valence-electron chi connectivity index (χ3n) is 0.682. The second kappa shape index (κ2) is 10.6. The Bertz CT molecular complexity index is 63.3. The normalized spacial score (nSPS) is 7.22. The Hall–Kier alpha value is -0.340. The molecule has 2 N–H and O–H groups in total. The van der Waals surface area contributed by atoms with Crippen LogP contribution in [-0.2, 0) is 0 Å². The fourth-order valence-electron chi connectivity index (χ4n) is 0.353. The van der Waals surface area contributed by atoms with Crippen molar-refractivity contribution in [3.63, 3.8) is 0 Å². The van der Waals surface area contributed by atoms with Crippen molar-refractivity contribution in [2.24, 2.45) is 0 Å². The van der Waals surface area contributed by atoms with E-state index in [9.17, 15) is 0 Å². The first kappa shape index (κ1) is 11.5. The minimum atomic E-state index is 0.269. The minimum absolute atomic E-state index is 0.269. The largest absolute Gasteiger partial charge is 0.400 e. The van der Waals surface area contributed by atoms with Crippen LogP contribution >= 0.6 is 0 Å². The van der Waals surface area contributed by atoms with Crippen LogP contribution < -0.4 is 0 Å². The summed E-state index contributed by atoms with van der Waals surface area (Å²) in [5.41, 5.74) is 1.27. The van der Waals surface area contributed by atoms with Crippen molar-refractivity contribution in [2.45, 2.75) is 20.3 Å². The van der Waals surface area contributed by atoms with Gasteiger partial charge in [-0.3, -0.25) is 0 Å². The van der Waals surface area contributed by atoms with E-state index in [0.29, 0.717) is 0 Å². The van der Waals surface area contributed by atoms with Crippen molar-refractivity contribution in [3.05, 3.63) is 11.6 Å². The molecule has 0 rings (SSSR count). The topological polar surface area (TPSA) is 40.5 Å². The summed E-state index contributed by atoms with van der Waals surface area (Å²) in [5.74, 6) is 0. The summed E-state index contributed by atoms with van der Waals surface area (Å²) >= 11 is 0. The molecular formula is C7H16O2. The summed E-state index contributed by atoms with van der Waals surface area (Å²) in [6.45, 7) is 4.32. The van der Waals surface area contributed by atoms with Crippen LogP contribution in [0, 0.1) is 0 Å². The third kappa shape index (κ3) is 18.3. The van der Waals surface area contributed by atoms with Gasteiger partial charge in [-0.2, -0.15) is 0 Å². The average Bonchev–Trinajstić information content (AvgIpc) is 1.88. The Balaban J connectivity index is 0. The van der Waals surface area contributed by atoms with Gasteiger partial charge in [0, 0.05) is 13.7 Å². The van der Waals surface area contributed by atoms with Gasteiger partial charge >= 0.3 is 0 Å². The molecule has 0 unspecified atom stereocenters. The second-order valence-electron chi connectivity index (χ2n) is 1.79. The van der Waals surface area contributed by atoms with Gasteiger partial charge in [0.1, 0.15) is 0 Å². The van der Waals surface area contributed by atoms with Crippen molar-refractivity contribution in [2.75, 3.05) is 13.7 Å². The predicted molar refractivity (Wildman–Crippen MR) is 39.3 cm³/mol. The monoisotopic (exact) mass is 132 g/mol. The van der Waals surface area contributed by atoms with Crippen LogP contribution in [0.15, 0.2) is 11.6 Å². The lowest BCUT2D eigenvalue weighted by Crippen LogP contribution is -1.76. The SMILES string of the molecule is CC(C)=CCCO.CO. The molecule has 0 saturated heterocycles. The van der Waals surface area contributed by atoms with Gasteiger partial charge in [-0.1, -0.05) is 11.6 Å². The fraction of sp³-hybridized carbons (Fsp3) is 0.714. The van der Waals surface area contributed by atoms with Crippen LogP contribution in [0.4, 0.5) is 0 Å². The average molecular weight is 132 g/mol. The summed E-state index contributed by atoms with van der Waals surface area (Å²) in [7, 11) is 1.00. The summed E-state index contributed by atoms with van der Waals surface area (Å²) in [6, 6.07) is 0. The maximum atomic E-state index is 8.27. The van der Waals surface area contributed by atoms with E-state index in [1.807, 2.05) is 19.9 Å². The standard InChI is InChI=1S/C6H12O.CH4O/c1-6(2)4-3-5-7;1-2/h4,7H,3,5H2,1-2H3;2H,1H3. The van der Waals surface area contributed by atoms with E-state index in [2.05, 4.69) is 0 Å². The van der Waals surface area contributed by atoms with Crippen LogP contribution in [0.1, 0.15) is 20.3 Å². The second-order valence-corrected chi connectivity index (χ2v) is 1.79. The Morgan fingerprint density at radius 2 is 1.78 bits per heavy atom. The minimum Gasteiger partial charge on any atom is -0.400 e. The van der Waals surface area contributed by atoms with Crippen molar-refractivity contribution < 1.29 is 10.2 Å². The zero-order valence-electron chi connectivity index (χ0n) is 6.39. The van der Waals surface area contributed by atoms with Gasteiger partial charge in [0.2, 0.25) is 0 Å². The smallest absolute Gasteiger partial charge is 0.0465 e. The van der Waals surface area contributed by atoms with Crippen LogP contribution in [0.2, 0.25) is 0 Å². The van der Waals surface area contributed by atoms with E-state index in [1.54, 1.807) is 0 Å². The number of hydrogen-bond donors (Lipinski definition) is 2. The maximum absolute atomic E-state index is 8.27. The molecule has 9 heavy (non-hydrogen) atoms. The number of allylic oxidation sites excluding steroid dienone is 1. The van der Waals surface area contributed by atoms with Gasteiger partial charge in [-0.25, -0.2) is 0 Å². The Labute approximate surface area is 56.8 Å². The molecule has 0 saturated carbocycles. The third-order valence-corrected chi connectivity index (χ3v) is 0.682. The summed E-state index contributed by atoms with van der Waals surface area (Å²) in [6.07, 6.45) is 2.81. The first-order valence-electron chi connectivity index (χ1n) is 2.96. The molecule has 0 aromatic rings. The summed E-state index contributed by atoms with van der Waals surface area (Å²) in [4.78, 5) is 0. The van der Waals surface area contributed by atoms with Crippen LogP contribution in [-0.4, -0.2) is 23.9 Å². The first-order valence-corrected chi connectivity index (χ1v) is 2.96. The quantitative estimate of drug-likeness (QED) is 0.549. The molecule has 0 aromatic heterocycles. The van der Waals surface area contributed by atoms with Gasteiger partial charge in [-0.05, 0) is 20.3 Å². The lowest BCUT2D eigenvalue weighted by molar-refractivity contribution is 0.302. The molecule has 0 spiro atoms. The zero-order chi connectivity index (χ0) is 7.70. The number of aliphatic hydroxyl groups excluding tert-OH is 2. The molecule has 0 aliphatic carbocycles. The Kier molecular flexibility index (Phi) is 13.5. The van der Waals surface area contributed by atoms with Crippen molar-refractivity contribution in [1.29, 1.82) is 0 Å². The summed E-state index contributed by atoms with van der Waals surface area (Å²) < 4.78 is 0. The lowest BCUT2D eigenvalue weighted by Gasteiger charge is -1.84. The van der Waals surface area contributed by atoms with E-state index in [1.165, 1.54) is 5.57 Å². The van der Waals surface area contributed by atoms with E-state index < -0.39 is 0 Å².